The second kappa shape index (κ2) is 7.99. The van der Waals surface area contributed by atoms with Crippen molar-refractivity contribution in [3.05, 3.63) is 95.0 Å². The van der Waals surface area contributed by atoms with Crippen molar-refractivity contribution >= 4 is 17.5 Å². The first-order valence-corrected chi connectivity index (χ1v) is 8.38. The molecule has 0 fully saturated rings. The van der Waals surface area contributed by atoms with E-state index in [9.17, 15) is 9.18 Å². The first-order chi connectivity index (χ1) is 12.1. The quantitative estimate of drug-likeness (QED) is 0.689. The van der Waals surface area contributed by atoms with Gasteiger partial charge < -0.3 is 9.88 Å². The van der Waals surface area contributed by atoms with Gasteiger partial charge in [-0.15, -0.1) is 0 Å². The third-order valence-electron chi connectivity index (χ3n) is 4.00. The molecular weight excluding hydrogens is 339 g/mol. The van der Waals surface area contributed by atoms with Gasteiger partial charge in [-0.1, -0.05) is 35.9 Å². The Kier molecular flexibility index (Phi) is 5.51. The molecule has 1 amide bonds. The third kappa shape index (κ3) is 4.70. The summed E-state index contributed by atoms with van der Waals surface area (Å²) in [4.78, 5) is 12.4. The van der Waals surface area contributed by atoms with E-state index in [1.54, 1.807) is 18.2 Å². The van der Waals surface area contributed by atoms with Gasteiger partial charge in [-0.3, -0.25) is 4.79 Å². The van der Waals surface area contributed by atoms with Crippen LogP contribution in [0.15, 0.2) is 73.1 Å². The number of carbonyl (C=O) groups is 1. The number of nitrogens with one attached hydrogen (secondary N) is 1. The number of amides is 1. The normalized spacial score (nSPS) is 11.9. The molecule has 3 aromatic rings. The number of aromatic nitrogens is 1. The fraction of sp³-hybridized carbons (Fsp3) is 0.150. The largest absolute Gasteiger partial charge is 0.352 e. The standard InChI is InChI=1S/C20H18ClFN2O/c21-17-8-6-15(7-9-17)14-23-20(25)13-19(24-10-1-2-11-24)16-4-3-5-18(22)12-16/h1-12,19H,13-14H2,(H,23,25). The summed E-state index contributed by atoms with van der Waals surface area (Å²) < 4.78 is 15.5. The van der Waals surface area contributed by atoms with Crippen LogP contribution >= 0.6 is 11.6 Å². The van der Waals surface area contributed by atoms with Gasteiger partial charge in [0.05, 0.1) is 12.5 Å². The molecule has 0 spiro atoms. The molecule has 2 aromatic carbocycles. The van der Waals surface area contributed by atoms with Crippen LogP contribution in [-0.4, -0.2) is 10.5 Å². The lowest BCUT2D eigenvalue weighted by Gasteiger charge is -2.19. The molecule has 3 rings (SSSR count). The van der Waals surface area contributed by atoms with E-state index in [4.69, 9.17) is 11.6 Å². The van der Waals surface area contributed by atoms with Gasteiger partial charge in [0.25, 0.3) is 0 Å². The molecule has 128 valence electrons. The Bertz CT molecular complexity index is 831. The smallest absolute Gasteiger partial charge is 0.222 e. The van der Waals surface area contributed by atoms with Crippen molar-refractivity contribution in [2.45, 2.75) is 19.0 Å². The van der Waals surface area contributed by atoms with E-state index < -0.39 is 0 Å². The molecule has 1 unspecified atom stereocenters. The Morgan fingerprint density at radius 1 is 1.08 bits per heavy atom. The second-order valence-electron chi connectivity index (χ2n) is 5.81. The molecule has 0 aliphatic carbocycles. The number of nitrogens with zero attached hydrogens (tertiary/aromatic N) is 1. The first kappa shape index (κ1) is 17.2. The lowest BCUT2D eigenvalue weighted by atomic mass is 10.0. The average Bonchev–Trinajstić information content (AvgIpc) is 3.13. The van der Waals surface area contributed by atoms with Gasteiger partial charge in [-0.25, -0.2) is 4.39 Å². The summed E-state index contributed by atoms with van der Waals surface area (Å²) in [6.07, 6.45) is 3.98. The maximum Gasteiger partial charge on any atom is 0.222 e. The molecule has 1 atom stereocenters. The Balaban J connectivity index is 1.69. The van der Waals surface area contributed by atoms with Crippen LogP contribution in [0.5, 0.6) is 0 Å². The zero-order chi connectivity index (χ0) is 17.6. The lowest BCUT2D eigenvalue weighted by Crippen LogP contribution is -2.26. The fourth-order valence-electron chi connectivity index (χ4n) is 2.72. The highest BCUT2D eigenvalue weighted by Gasteiger charge is 2.17. The molecular formula is C20H18ClFN2O. The molecule has 5 heteroatoms. The molecule has 0 aliphatic rings. The first-order valence-electron chi connectivity index (χ1n) is 8.01. The third-order valence-corrected chi connectivity index (χ3v) is 4.25. The van der Waals surface area contributed by atoms with Gasteiger partial charge in [-0.2, -0.15) is 0 Å². The van der Waals surface area contributed by atoms with Crippen molar-refractivity contribution in [3.8, 4) is 0 Å². The molecule has 1 heterocycles. The van der Waals surface area contributed by atoms with Crippen molar-refractivity contribution in [2.75, 3.05) is 0 Å². The van der Waals surface area contributed by atoms with E-state index in [1.165, 1.54) is 12.1 Å². The van der Waals surface area contributed by atoms with Gasteiger partial charge in [-0.05, 0) is 47.5 Å². The Labute approximate surface area is 151 Å². The lowest BCUT2D eigenvalue weighted by molar-refractivity contribution is -0.121. The van der Waals surface area contributed by atoms with E-state index in [1.807, 2.05) is 47.3 Å². The van der Waals surface area contributed by atoms with E-state index >= 15 is 0 Å². The number of rotatable bonds is 6. The van der Waals surface area contributed by atoms with E-state index in [2.05, 4.69) is 5.32 Å². The van der Waals surface area contributed by atoms with Crippen molar-refractivity contribution in [3.63, 3.8) is 0 Å². The summed E-state index contributed by atoms with van der Waals surface area (Å²) in [5, 5.41) is 3.57. The highest BCUT2D eigenvalue weighted by atomic mass is 35.5. The van der Waals surface area contributed by atoms with E-state index in [-0.39, 0.29) is 24.2 Å². The Morgan fingerprint density at radius 2 is 1.80 bits per heavy atom. The summed E-state index contributed by atoms with van der Waals surface area (Å²) in [7, 11) is 0. The van der Waals surface area contributed by atoms with E-state index in [0.29, 0.717) is 11.6 Å². The molecule has 1 aromatic heterocycles. The summed E-state index contributed by atoms with van der Waals surface area (Å²) in [6, 6.07) is 17.2. The molecule has 25 heavy (non-hydrogen) atoms. The zero-order valence-corrected chi connectivity index (χ0v) is 14.3. The average molecular weight is 357 g/mol. The predicted octanol–water partition coefficient (Wildman–Crippen LogP) is 4.58. The second-order valence-corrected chi connectivity index (χ2v) is 6.24. The number of benzene rings is 2. The van der Waals surface area contributed by atoms with Crippen molar-refractivity contribution < 1.29 is 9.18 Å². The van der Waals surface area contributed by atoms with Crippen LogP contribution in [0.3, 0.4) is 0 Å². The van der Waals surface area contributed by atoms with Gasteiger partial charge in [0, 0.05) is 24.0 Å². The number of hydrogen-bond donors (Lipinski definition) is 1. The van der Waals surface area contributed by atoms with Gasteiger partial charge in [0.1, 0.15) is 5.82 Å². The SMILES string of the molecule is O=C(CC(c1cccc(F)c1)n1cccc1)NCc1ccc(Cl)cc1. The highest BCUT2D eigenvalue weighted by molar-refractivity contribution is 6.30. The topological polar surface area (TPSA) is 34.0 Å². The molecule has 0 aliphatic heterocycles. The van der Waals surface area contributed by atoms with Crippen LogP contribution < -0.4 is 5.32 Å². The van der Waals surface area contributed by atoms with Crippen molar-refractivity contribution in [1.29, 1.82) is 0 Å². The number of halogens is 2. The minimum atomic E-state index is -0.309. The van der Waals surface area contributed by atoms with Crippen molar-refractivity contribution in [2.24, 2.45) is 0 Å². The summed E-state index contributed by atoms with van der Waals surface area (Å²) in [6.45, 7) is 0.428. The maximum absolute atomic E-state index is 13.6. The fourth-order valence-corrected chi connectivity index (χ4v) is 2.84. The molecule has 0 radical (unpaired) electrons. The van der Waals surface area contributed by atoms with Crippen LogP contribution in [0.2, 0.25) is 5.02 Å². The van der Waals surface area contributed by atoms with Crippen LogP contribution in [0.4, 0.5) is 4.39 Å². The van der Waals surface area contributed by atoms with Gasteiger partial charge in [0.15, 0.2) is 0 Å². The summed E-state index contributed by atoms with van der Waals surface area (Å²) in [5.41, 5.74) is 1.74. The van der Waals surface area contributed by atoms with Crippen LogP contribution in [0, 0.1) is 5.82 Å². The van der Waals surface area contributed by atoms with Crippen LogP contribution in [0.25, 0.3) is 0 Å². The Morgan fingerprint density at radius 3 is 2.48 bits per heavy atom. The maximum atomic E-state index is 13.6. The minimum Gasteiger partial charge on any atom is -0.352 e. The molecule has 0 saturated heterocycles. The van der Waals surface area contributed by atoms with Crippen LogP contribution in [0.1, 0.15) is 23.6 Å². The number of carbonyl (C=O) groups excluding carboxylic acids is 1. The van der Waals surface area contributed by atoms with Crippen molar-refractivity contribution in [1.82, 2.24) is 9.88 Å². The zero-order valence-electron chi connectivity index (χ0n) is 13.5. The summed E-state index contributed by atoms with van der Waals surface area (Å²) in [5.74, 6) is -0.408. The minimum absolute atomic E-state index is 0.0992. The monoisotopic (exact) mass is 356 g/mol. The van der Waals surface area contributed by atoms with Crippen LogP contribution in [-0.2, 0) is 11.3 Å². The van der Waals surface area contributed by atoms with Gasteiger partial charge in [0.2, 0.25) is 5.91 Å². The molecule has 3 nitrogen and oxygen atoms in total. The Hall–Kier alpha value is -2.59. The molecule has 0 bridgehead atoms. The highest BCUT2D eigenvalue weighted by Crippen LogP contribution is 2.23. The molecule has 0 saturated carbocycles. The predicted molar refractivity (Wildman–Crippen MR) is 96.9 cm³/mol. The van der Waals surface area contributed by atoms with E-state index in [0.717, 1.165) is 11.1 Å². The summed E-state index contributed by atoms with van der Waals surface area (Å²) >= 11 is 5.86. The van der Waals surface area contributed by atoms with Gasteiger partial charge >= 0.3 is 0 Å². The molecule has 1 N–H and O–H groups in total. The number of hydrogen-bond acceptors (Lipinski definition) is 1.